The Bertz CT molecular complexity index is 1650. The number of rotatable bonds is 4. The van der Waals surface area contributed by atoms with Gasteiger partial charge in [-0.1, -0.05) is 23.2 Å². The second-order valence-corrected chi connectivity index (χ2v) is 8.73. The van der Waals surface area contributed by atoms with Crippen LogP contribution in [0.4, 0.5) is 0 Å². The van der Waals surface area contributed by atoms with E-state index in [2.05, 4.69) is 10.1 Å². The van der Waals surface area contributed by atoms with E-state index in [4.69, 9.17) is 33.2 Å². The Morgan fingerprint density at radius 3 is 2.42 bits per heavy atom. The van der Waals surface area contributed by atoms with Crippen LogP contribution in [0.5, 0.6) is 11.5 Å². The Morgan fingerprint density at radius 2 is 1.79 bits per heavy atom. The van der Waals surface area contributed by atoms with Crippen molar-refractivity contribution in [3.63, 3.8) is 0 Å². The number of fused-ring (bicyclic) bond motifs is 1. The molecule has 0 amide bonds. The topological polar surface area (TPSA) is 139 Å². The Kier molecular flexibility index (Phi) is 4.70. The first-order valence-corrected chi connectivity index (χ1v) is 10.5. The molecule has 12 heteroatoms. The molecule has 2 heterocycles. The summed E-state index contributed by atoms with van der Waals surface area (Å²) in [4.78, 5) is 41.0. The predicted molar refractivity (Wildman–Crippen MR) is 121 cm³/mol. The molecule has 1 aliphatic carbocycles. The van der Waals surface area contributed by atoms with E-state index in [1.54, 1.807) is 28.8 Å². The molecule has 0 unspecified atom stereocenters. The average Bonchev–Trinajstić information content (AvgIpc) is 3.40. The highest BCUT2D eigenvalue weighted by Crippen LogP contribution is 2.44. The molecule has 0 bridgehead atoms. The molecule has 0 aliphatic heterocycles. The van der Waals surface area contributed by atoms with Gasteiger partial charge in [0.15, 0.2) is 5.75 Å². The number of imidazole rings is 1. The highest BCUT2D eigenvalue weighted by Gasteiger charge is 2.41. The molecule has 0 saturated heterocycles. The summed E-state index contributed by atoms with van der Waals surface area (Å²) in [6.45, 7) is 2.02. The zero-order valence-electron chi connectivity index (χ0n) is 17.0. The van der Waals surface area contributed by atoms with Crippen molar-refractivity contribution in [2.75, 3.05) is 0 Å². The van der Waals surface area contributed by atoms with Crippen LogP contribution >= 0.6 is 23.2 Å². The molecule has 5 rings (SSSR count). The number of nitrogens with one attached hydrogen (secondary N) is 2. The Labute approximate surface area is 194 Å². The summed E-state index contributed by atoms with van der Waals surface area (Å²) in [6, 6.07) is 9.48. The van der Waals surface area contributed by atoms with Gasteiger partial charge in [0.25, 0.3) is 5.56 Å². The molecule has 166 valence electrons. The predicted octanol–water partition coefficient (Wildman–Crippen LogP) is 3.04. The number of aromatic amines is 2. The van der Waals surface area contributed by atoms with E-state index in [0.717, 1.165) is 17.5 Å². The fourth-order valence-electron chi connectivity index (χ4n) is 3.62. The van der Waals surface area contributed by atoms with Crippen LogP contribution in [0.25, 0.3) is 16.7 Å². The molecular formula is C21H14Cl2N6O4. The van der Waals surface area contributed by atoms with Gasteiger partial charge in [-0.15, -0.1) is 5.10 Å². The summed E-state index contributed by atoms with van der Waals surface area (Å²) in [7, 11) is 0. The first-order valence-electron chi connectivity index (χ1n) is 9.76. The van der Waals surface area contributed by atoms with Gasteiger partial charge in [-0.2, -0.15) is 9.94 Å². The molecule has 1 saturated carbocycles. The van der Waals surface area contributed by atoms with Gasteiger partial charge in [0.05, 0.1) is 26.8 Å². The molecule has 1 fully saturated rings. The molecule has 33 heavy (non-hydrogen) atoms. The summed E-state index contributed by atoms with van der Waals surface area (Å²) < 4.78 is 8.45. The van der Waals surface area contributed by atoms with Gasteiger partial charge in [0.2, 0.25) is 5.69 Å². The summed E-state index contributed by atoms with van der Waals surface area (Å²) in [5, 5.41) is 12.9. The Hall–Kier alpha value is -3.81. The van der Waals surface area contributed by atoms with Crippen LogP contribution in [0.15, 0.2) is 44.7 Å². The monoisotopic (exact) mass is 484 g/mol. The first kappa shape index (κ1) is 21.1. The molecule has 2 aromatic heterocycles. The van der Waals surface area contributed by atoms with Gasteiger partial charge in [-0.25, -0.2) is 9.59 Å². The van der Waals surface area contributed by atoms with Crippen molar-refractivity contribution in [3.8, 4) is 23.3 Å². The number of nitriles is 1. The van der Waals surface area contributed by atoms with Crippen LogP contribution in [0.1, 0.15) is 25.5 Å². The van der Waals surface area contributed by atoms with Gasteiger partial charge >= 0.3 is 11.4 Å². The normalized spacial score (nSPS) is 14.2. The number of H-pyrrole nitrogens is 2. The number of halogens is 2. The van der Waals surface area contributed by atoms with Crippen LogP contribution in [0.2, 0.25) is 10.0 Å². The van der Waals surface area contributed by atoms with E-state index < -0.39 is 16.9 Å². The van der Waals surface area contributed by atoms with Crippen LogP contribution in [0.3, 0.4) is 0 Å². The van der Waals surface area contributed by atoms with E-state index >= 15 is 0 Å². The third kappa shape index (κ3) is 3.51. The van der Waals surface area contributed by atoms with Gasteiger partial charge in [-0.3, -0.25) is 14.3 Å². The minimum atomic E-state index is -0.894. The molecule has 0 atom stereocenters. The maximum atomic E-state index is 12.4. The molecule has 4 aromatic rings. The van der Waals surface area contributed by atoms with E-state index in [1.165, 1.54) is 12.1 Å². The van der Waals surface area contributed by atoms with Gasteiger partial charge in [0.1, 0.15) is 11.8 Å². The maximum Gasteiger partial charge on any atom is 0.349 e. The third-order valence-corrected chi connectivity index (χ3v) is 6.11. The largest absolute Gasteiger partial charge is 0.454 e. The summed E-state index contributed by atoms with van der Waals surface area (Å²) >= 11 is 12.8. The number of ether oxygens (including phenoxy) is 1. The van der Waals surface area contributed by atoms with Crippen molar-refractivity contribution in [2.45, 2.75) is 25.3 Å². The van der Waals surface area contributed by atoms with Crippen molar-refractivity contribution in [3.05, 3.63) is 77.4 Å². The highest BCUT2D eigenvalue weighted by molar-refractivity contribution is 6.37. The van der Waals surface area contributed by atoms with E-state index in [0.29, 0.717) is 16.8 Å². The fourth-order valence-corrected chi connectivity index (χ4v) is 4.17. The Morgan fingerprint density at radius 1 is 1.09 bits per heavy atom. The van der Waals surface area contributed by atoms with Crippen LogP contribution in [-0.2, 0) is 5.54 Å². The molecule has 2 aromatic carbocycles. The number of hydrogen-bond donors (Lipinski definition) is 2. The molecule has 2 N–H and O–H groups in total. The third-order valence-electron chi connectivity index (χ3n) is 5.55. The van der Waals surface area contributed by atoms with E-state index in [-0.39, 0.29) is 32.7 Å². The SMILES string of the molecule is CC1(n2c(=O)[nH]c3ccc(Oc4c(Cl)cc(-n5nc(C#N)c(=O)[nH]c5=O)cc4Cl)cc32)CC1. The maximum absolute atomic E-state index is 12.4. The van der Waals surface area contributed by atoms with E-state index in [1.807, 2.05) is 11.9 Å². The zero-order valence-corrected chi connectivity index (χ0v) is 18.5. The number of nitrogens with zero attached hydrogens (tertiary/aromatic N) is 4. The molecule has 0 spiro atoms. The molecular weight excluding hydrogens is 471 g/mol. The number of benzene rings is 2. The van der Waals surface area contributed by atoms with Gasteiger partial charge in [-0.05, 0) is 44.0 Å². The number of aromatic nitrogens is 5. The molecule has 0 radical (unpaired) electrons. The fraction of sp³-hybridized carbons (Fsp3) is 0.190. The lowest BCUT2D eigenvalue weighted by Gasteiger charge is -2.14. The smallest absolute Gasteiger partial charge is 0.349 e. The van der Waals surface area contributed by atoms with Crippen LogP contribution in [-0.4, -0.2) is 24.3 Å². The highest BCUT2D eigenvalue weighted by atomic mass is 35.5. The van der Waals surface area contributed by atoms with Gasteiger partial charge < -0.3 is 9.72 Å². The quantitative estimate of drug-likeness (QED) is 0.456. The number of hydrogen-bond acceptors (Lipinski definition) is 6. The lowest BCUT2D eigenvalue weighted by molar-refractivity contribution is 0.482. The van der Waals surface area contributed by atoms with Crippen LogP contribution in [0, 0.1) is 11.3 Å². The standard InChI is InChI=1S/C21H14Cl2N6O4/c1-21(4-5-21)28-16-8-11(2-3-14(16)25-19(28)31)33-17-12(22)6-10(7-13(17)23)29-20(32)26-18(30)15(9-24)27-29/h2-3,6-8H,4-5H2,1H3,(H,25,31)(H,26,30,32). The van der Waals surface area contributed by atoms with E-state index in [9.17, 15) is 14.4 Å². The molecule has 1 aliphatic rings. The zero-order chi connectivity index (χ0) is 23.5. The lowest BCUT2D eigenvalue weighted by Crippen LogP contribution is -2.33. The van der Waals surface area contributed by atoms with Crippen molar-refractivity contribution < 1.29 is 4.74 Å². The average molecular weight is 485 g/mol. The van der Waals surface area contributed by atoms with Gasteiger partial charge in [0, 0.05) is 11.6 Å². The minimum Gasteiger partial charge on any atom is -0.454 e. The Balaban J connectivity index is 1.55. The minimum absolute atomic E-state index is 0.0663. The summed E-state index contributed by atoms with van der Waals surface area (Å²) in [6.07, 6.45) is 1.82. The van der Waals surface area contributed by atoms with Crippen LogP contribution < -0.4 is 21.7 Å². The van der Waals surface area contributed by atoms with Crippen molar-refractivity contribution in [1.29, 1.82) is 5.26 Å². The lowest BCUT2D eigenvalue weighted by atomic mass is 10.2. The molecule has 10 nitrogen and oxygen atoms in total. The summed E-state index contributed by atoms with van der Waals surface area (Å²) in [5.74, 6) is 0.531. The van der Waals surface area contributed by atoms with Crippen molar-refractivity contribution >= 4 is 34.2 Å². The first-order chi connectivity index (χ1) is 15.7. The second kappa shape index (κ2) is 7.37. The van der Waals surface area contributed by atoms with Crippen molar-refractivity contribution in [1.82, 2.24) is 24.3 Å². The summed E-state index contributed by atoms with van der Waals surface area (Å²) in [5.41, 5.74) is -1.12. The second-order valence-electron chi connectivity index (χ2n) is 7.91. The van der Waals surface area contributed by atoms with Crippen molar-refractivity contribution in [2.24, 2.45) is 0 Å².